The molecule has 0 aliphatic rings. The van der Waals surface area contributed by atoms with Crippen molar-refractivity contribution in [2.75, 3.05) is 13.1 Å². The molecule has 4 heteroatoms. The van der Waals surface area contributed by atoms with Gasteiger partial charge in [0.2, 0.25) is 0 Å². The Labute approximate surface area is 111 Å². The number of unbranched alkanes of at least 4 members (excludes halogenated alkanes) is 1. The van der Waals surface area contributed by atoms with E-state index in [9.17, 15) is 4.39 Å². The van der Waals surface area contributed by atoms with Crippen molar-refractivity contribution >= 4 is 15.9 Å². The van der Waals surface area contributed by atoms with Gasteiger partial charge in [-0.1, -0.05) is 13.3 Å². The maximum Gasteiger partial charge on any atom is 0.136 e. The molecular formula is C13H19BrFNO. The van der Waals surface area contributed by atoms with E-state index in [2.05, 4.69) is 28.2 Å². The van der Waals surface area contributed by atoms with E-state index >= 15 is 0 Å². The van der Waals surface area contributed by atoms with Gasteiger partial charge in [-0.05, 0) is 48.0 Å². The first kappa shape index (κ1) is 14.5. The fourth-order valence-corrected chi connectivity index (χ4v) is 1.77. The van der Waals surface area contributed by atoms with E-state index in [1.807, 2.05) is 6.92 Å². The zero-order valence-electron chi connectivity index (χ0n) is 10.3. The van der Waals surface area contributed by atoms with Gasteiger partial charge in [0, 0.05) is 12.6 Å². The average Bonchev–Trinajstić information content (AvgIpc) is 2.29. The van der Waals surface area contributed by atoms with Gasteiger partial charge in [-0.25, -0.2) is 4.39 Å². The van der Waals surface area contributed by atoms with Crippen LogP contribution in [-0.4, -0.2) is 19.2 Å². The predicted molar refractivity (Wildman–Crippen MR) is 72.0 cm³/mol. The molecule has 0 saturated carbocycles. The third kappa shape index (κ3) is 5.50. The zero-order chi connectivity index (χ0) is 12.7. The molecule has 1 atom stereocenters. The molecule has 0 aliphatic carbocycles. The summed E-state index contributed by atoms with van der Waals surface area (Å²) < 4.78 is 19.5. The second-order valence-electron chi connectivity index (χ2n) is 4.06. The molecule has 0 amide bonds. The minimum atomic E-state index is -0.283. The van der Waals surface area contributed by atoms with Gasteiger partial charge < -0.3 is 10.1 Å². The molecule has 1 aromatic rings. The van der Waals surface area contributed by atoms with Gasteiger partial charge in [0.15, 0.2) is 0 Å². The summed E-state index contributed by atoms with van der Waals surface area (Å²) in [7, 11) is 0. The van der Waals surface area contributed by atoms with Gasteiger partial charge in [0.25, 0.3) is 0 Å². The lowest BCUT2D eigenvalue weighted by molar-refractivity contribution is 0.215. The molecule has 0 saturated heterocycles. The maximum atomic E-state index is 13.0. The highest BCUT2D eigenvalue weighted by Crippen LogP contribution is 2.26. The van der Waals surface area contributed by atoms with E-state index < -0.39 is 0 Å². The minimum absolute atomic E-state index is 0.0185. The molecule has 1 N–H and O–H groups in total. The van der Waals surface area contributed by atoms with Crippen LogP contribution in [-0.2, 0) is 0 Å². The summed E-state index contributed by atoms with van der Waals surface area (Å²) in [5.74, 6) is 0.268. The average molecular weight is 304 g/mol. The van der Waals surface area contributed by atoms with E-state index in [1.54, 1.807) is 6.07 Å². The van der Waals surface area contributed by atoms with Crippen LogP contribution in [0.25, 0.3) is 0 Å². The highest BCUT2D eigenvalue weighted by Gasteiger charge is 2.07. The Morgan fingerprint density at radius 1 is 1.47 bits per heavy atom. The summed E-state index contributed by atoms with van der Waals surface area (Å²) >= 11 is 3.34. The van der Waals surface area contributed by atoms with Crippen LogP contribution < -0.4 is 10.1 Å². The second kappa shape index (κ2) is 7.67. The Hall–Kier alpha value is -0.610. The van der Waals surface area contributed by atoms with Crippen LogP contribution in [0.1, 0.15) is 26.7 Å². The number of ether oxygens (including phenoxy) is 1. The Morgan fingerprint density at radius 2 is 2.24 bits per heavy atom. The van der Waals surface area contributed by atoms with Crippen molar-refractivity contribution in [2.45, 2.75) is 32.8 Å². The molecule has 96 valence electrons. The minimum Gasteiger partial charge on any atom is -0.488 e. The number of halogens is 2. The van der Waals surface area contributed by atoms with Crippen molar-refractivity contribution in [1.82, 2.24) is 5.32 Å². The summed E-state index contributed by atoms with van der Waals surface area (Å²) in [4.78, 5) is 0. The van der Waals surface area contributed by atoms with Gasteiger partial charge in [-0.3, -0.25) is 0 Å². The smallest absolute Gasteiger partial charge is 0.136 e. The highest BCUT2D eigenvalue weighted by atomic mass is 79.9. The largest absolute Gasteiger partial charge is 0.488 e. The fourth-order valence-electron chi connectivity index (χ4n) is 1.43. The first-order valence-electron chi connectivity index (χ1n) is 5.96. The summed E-state index contributed by atoms with van der Waals surface area (Å²) in [6, 6.07) is 4.45. The monoisotopic (exact) mass is 303 g/mol. The Balaban J connectivity index is 2.39. The number of hydrogen-bond acceptors (Lipinski definition) is 2. The van der Waals surface area contributed by atoms with Crippen LogP contribution in [0.4, 0.5) is 4.39 Å². The molecule has 1 rings (SSSR count). The van der Waals surface area contributed by atoms with Crippen LogP contribution in [0.15, 0.2) is 22.7 Å². The van der Waals surface area contributed by atoms with Crippen LogP contribution in [0.2, 0.25) is 0 Å². The Kier molecular flexibility index (Phi) is 6.52. The summed E-state index contributed by atoms with van der Waals surface area (Å²) in [6.45, 7) is 5.89. The van der Waals surface area contributed by atoms with Crippen molar-refractivity contribution in [1.29, 1.82) is 0 Å². The van der Waals surface area contributed by atoms with Crippen LogP contribution in [0.3, 0.4) is 0 Å². The molecule has 1 aromatic carbocycles. The lowest BCUT2D eigenvalue weighted by Crippen LogP contribution is -2.29. The van der Waals surface area contributed by atoms with Gasteiger partial charge in [0.05, 0.1) is 4.47 Å². The van der Waals surface area contributed by atoms with Crippen LogP contribution >= 0.6 is 15.9 Å². The topological polar surface area (TPSA) is 21.3 Å². The standard InChI is InChI=1S/C13H19BrFNO/c1-3-4-7-16-9-10(2)17-13-8-11(15)5-6-12(13)14/h5-6,8,10,16H,3-4,7,9H2,1-2H3. The lowest BCUT2D eigenvalue weighted by Gasteiger charge is -2.16. The summed E-state index contributed by atoms with van der Waals surface area (Å²) in [5, 5.41) is 3.31. The molecular weight excluding hydrogens is 285 g/mol. The molecule has 0 aromatic heterocycles. The van der Waals surface area contributed by atoms with Gasteiger partial charge >= 0.3 is 0 Å². The van der Waals surface area contributed by atoms with E-state index in [-0.39, 0.29) is 11.9 Å². The predicted octanol–water partition coefficient (Wildman–Crippen LogP) is 3.75. The van der Waals surface area contributed by atoms with Gasteiger partial charge in [0.1, 0.15) is 17.7 Å². The normalized spacial score (nSPS) is 12.5. The van der Waals surface area contributed by atoms with Crippen molar-refractivity contribution in [3.05, 3.63) is 28.5 Å². The second-order valence-corrected chi connectivity index (χ2v) is 4.92. The molecule has 0 heterocycles. The maximum absolute atomic E-state index is 13.0. The molecule has 0 radical (unpaired) electrons. The molecule has 1 unspecified atom stereocenters. The summed E-state index contributed by atoms with van der Waals surface area (Å²) in [5.41, 5.74) is 0. The zero-order valence-corrected chi connectivity index (χ0v) is 11.9. The molecule has 0 fully saturated rings. The third-order valence-electron chi connectivity index (χ3n) is 2.36. The van der Waals surface area contributed by atoms with Crippen LogP contribution in [0.5, 0.6) is 5.75 Å². The van der Waals surface area contributed by atoms with E-state index in [1.165, 1.54) is 18.6 Å². The number of rotatable bonds is 7. The van der Waals surface area contributed by atoms with Crippen LogP contribution in [0, 0.1) is 5.82 Å². The lowest BCUT2D eigenvalue weighted by atomic mass is 10.3. The van der Waals surface area contributed by atoms with E-state index in [0.717, 1.165) is 24.0 Å². The number of nitrogens with one attached hydrogen (secondary N) is 1. The van der Waals surface area contributed by atoms with Gasteiger partial charge in [-0.2, -0.15) is 0 Å². The number of hydrogen-bond donors (Lipinski definition) is 1. The van der Waals surface area contributed by atoms with Crippen molar-refractivity contribution < 1.29 is 9.13 Å². The molecule has 0 spiro atoms. The van der Waals surface area contributed by atoms with E-state index in [0.29, 0.717) is 5.75 Å². The Morgan fingerprint density at radius 3 is 2.94 bits per heavy atom. The third-order valence-corrected chi connectivity index (χ3v) is 3.02. The first-order chi connectivity index (χ1) is 8.13. The quantitative estimate of drug-likeness (QED) is 0.775. The Bertz CT molecular complexity index is 346. The summed E-state index contributed by atoms with van der Waals surface area (Å²) in [6.07, 6.45) is 2.36. The van der Waals surface area contributed by atoms with Crippen molar-refractivity contribution in [3.8, 4) is 5.75 Å². The van der Waals surface area contributed by atoms with Gasteiger partial charge in [-0.15, -0.1) is 0 Å². The number of benzene rings is 1. The molecule has 0 bridgehead atoms. The molecule has 2 nitrogen and oxygen atoms in total. The molecule has 17 heavy (non-hydrogen) atoms. The SMILES string of the molecule is CCCCNCC(C)Oc1cc(F)ccc1Br. The molecule has 0 aliphatic heterocycles. The first-order valence-corrected chi connectivity index (χ1v) is 6.75. The fraction of sp³-hybridized carbons (Fsp3) is 0.538. The van der Waals surface area contributed by atoms with Crippen molar-refractivity contribution in [3.63, 3.8) is 0 Å². The van der Waals surface area contributed by atoms with Crippen molar-refractivity contribution in [2.24, 2.45) is 0 Å². The highest BCUT2D eigenvalue weighted by molar-refractivity contribution is 9.10. The van der Waals surface area contributed by atoms with E-state index in [4.69, 9.17) is 4.74 Å².